The standard InChI is InChI=1S/C24H35N3O4/c1-30-21-9-5-7-19(23(21)31-2)24(29)27-15-17-13-18(16-27)20(25-14-17)8-6-10-22(28)26-11-3-4-12-26/h5,7,9,17-18,20,25H,3-4,6,8,10-16H2,1-2H3/t17-,18+,20+/m0/s1. The Balaban J connectivity index is 1.36. The molecule has 0 unspecified atom stereocenters. The third-order valence-electron chi connectivity index (χ3n) is 7.09. The van der Waals surface area contributed by atoms with E-state index >= 15 is 0 Å². The number of rotatable bonds is 7. The van der Waals surface area contributed by atoms with E-state index in [9.17, 15) is 9.59 Å². The molecule has 2 bridgehead atoms. The number of methoxy groups -OCH3 is 2. The lowest BCUT2D eigenvalue weighted by Crippen LogP contribution is -2.57. The molecule has 0 aliphatic carbocycles. The lowest BCUT2D eigenvalue weighted by atomic mass is 9.78. The number of nitrogens with zero attached hydrogens (tertiary/aromatic N) is 2. The lowest BCUT2D eigenvalue weighted by Gasteiger charge is -2.46. The summed E-state index contributed by atoms with van der Waals surface area (Å²) >= 11 is 0. The van der Waals surface area contributed by atoms with Crippen LogP contribution in [-0.4, -0.2) is 74.6 Å². The number of piperidine rings is 2. The van der Waals surface area contributed by atoms with Gasteiger partial charge in [0.2, 0.25) is 5.91 Å². The number of ether oxygens (including phenoxy) is 2. The smallest absolute Gasteiger partial charge is 0.257 e. The summed E-state index contributed by atoms with van der Waals surface area (Å²) in [4.78, 5) is 29.7. The van der Waals surface area contributed by atoms with Gasteiger partial charge in [-0.3, -0.25) is 9.59 Å². The van der Waals surface area contributed by atoms with E-state index in [0.717, 1.165) is 64.8 Å². The third kappa shape index (κ3) is 4.81. The summed E-state index contributed by atoms with van der Waals surface area (Å²) in [6.07, 6.45) is 5.96. The van der Waals surface area contributed by atoms with E-state index in [4.69, 9.17) is 9.47 Å². The van der Waals surface area contributed by atoms with Gasteiger partial charge < -0.3 is 24.6 Å². The van der Waals surface area contributed by atoms with Crippen LogP contribution in [0.4, 0.5) is 0 Å². The maximum Gasteiger partial charge on any atom is 0.257 e. The van der Waals surface area contributed by atoms with E-state index in [1.54, 1.807) is 14.2 Å². The first-order chi connectivity index (χ1) is 15.1. The number of benzene rings is 1. The van der Waals surface area contributed by atoms with Crippen LogP contribution in [0.5, 0.6) is 11.5 Å². The first-order valence-electron chi connectivity index (χ1n) is 11.6. The maximum atomic E-state index is 13.4. The van der Waals surface area contributed by atoms with Gasteiger partial charge in [0.15, 0.2) is 11.5 Å². The van der Waals surface area contributed by atoms with Gasteiger partial charge in [-0.05, 0) is 62.6 Å². The molecule has 0 radical (unpaired) electrons. The van der Waals surface area contributed by atoms with E-state index in [1.165, 1.54) is 0 Å². The van der Waals surface area contributed by atoms with Crippen LogP contribution < -0.4 is 14.8 Å². The highest BCUT2D eigenvalue weighted by atomic mass is 16.5. The Bertz CT molecular complexity index is 793. The molecule has 1 aromatic carbocycles. The van der Waals surface area contributed by atoms with Crippen molar-refractivity contribution in [3.63, 3.8) is 0 Å². The molecule has 3 heterocycles. The molecule has 7 heteroatoms. The fourth-order valence-electron chi connectivity index (χ4n) is 5.50. The second-order valence-electron chi connectivity index (χ2n) is 9.11. The molecule has 7 nitrogen and oxygen atoms in total. The summed E-state index contributed by atoms with van der Waals surface area (Å²) in [6, 6.07) is 5.82. The Morgan fingerprint density at radius 3 is 2.65 bits per heavy atom. The van der Waals surface area contributed by atoms with Gasteiger partial charge in [-0.2, -0.15) is 0 Å². The molecule has 0 aromatic heterocycles. The van der Waals surface area contributed by atoms with Crippen molar-refractivity contribution in [1.29, 1.82) is 0 Å². The van der Waals surface area contributed by atoms with Crippen LogP contribution in [0.25, 0.3) is 0 Å². The first kappa shape index (κ1) is 21.9. The van der Waals surface area contributed by atoms with Crippen molar-refractivity contribution >= 4 is 11.8 Å². The number of carbonyl (C=O) groups excluding carboxylic acids is 2. The van der Waals surface area contributed by atoms with E-state index in [2.05, 4.69) is 5.32 Å². The molecule has 4 rings (SSSR count). The minimum atomic E-state index is 0.00955. The zero-order valence-electron chi connectivity index (χ0n) is 18.8. The number of amides is 2. The predicted molar refractivity (Wildman–Crippen MR) is 119 cm³/mol. The highest BCUT2D eigenvalue weighted by Gasteiger charge is 2.38. The van der Waals surface area contributed by atoms with Crippen molar-refractivity contribution in [2.24, 2.45) is 11.8 Å². The SMILES string of the molecule is COc1cccc(C(=O)N2C[C@@H]3CN[C@H](CCCC(=O)N4CCCC4)[C@H](C3)C2)c1OC. The van der Waals surface area contributed by atoms with Gasteiger partial charge in [0.05, 0.1) is 19.8 Å². The Morgan fingerprint density at radius 2 is 1.90 bits per heavy atom. The summed E-state index contributed by atoms with van der Waals surface area (Å²) in [5, 5.41) is 3.70. The second kappa shape index (κ2) is 9.90. The molecule has 3 saturated heterocycles. The van der Waals surface area contributed by atoms with Crippen molar-refractivity contribution < 1.29 is 19.1 Å². The van der Waals surface area contributed by atoms with Gasteiger partial charge >= 0.3 is 0 Å². The molecule has 3 atom stereocenters. The summed E-state index contributed by atoms with van der Waals surface area (Å²) in [5.41, 5.74) is 0.558. The molecular weight excluding hydrogens is 394 g/mol. The fraction of sp³-hybridized carbons (Fsp3) is 0.667. The Kier molecular flexibility index (Phi) is 7.00. The van der Waals surface area contributed by atoms with Crippen LogP contribution in [0.15, 0.2) is 18.2 Å². The molecule has 2 amide bonds. The minimum absolute atomic E-state index is 0.00955. The molecule has 1 aromatic rings. The molecule has 3 fully saturated rings. The molecule has 1 N–H and O–H groups in total. The largest absolute Gasteiger partial charge is 0.493 e. The van der Waals surface area contributed by atoms with Crippen LogP contribution in [0.3, 0.4) is 0 Å². The van der Waals surface area contributed by atoms with Gasteiger partial charge in [0, 0.05) is 38.6 Å². The van der Waals surface area contributed by atoms with Crippen molar-refractivity contribution in [2.75, 3.05) is 46.9 Å². The van der Waals surface area contributed by atoms with Crippen LogP contribution in [-0.2, 0) is 4.79 Å². The number of hydrogen-bond donors (Lipinski definition) is 1. The fourth-order valence-corrected chi connectivity index (χ4v) is 5.50. The van der Waals surface area contributed by atoms with Crippen LogP contribution >= 0.6 is 0 Å². The molecule has 3 aliphatic rings. The quantitative estimate of drug-likeness (QED) is 0.721. The van der Waals surface area contributed by atoms with Crippen molar-refractivity contribution in [2.45, 2.75) is 44.6 Å². The summed E-state index contributed by atoms with van der Waals surface area (Å²) in [6.45, 7) is 4.29. The highest BCUT2D eigenvalue weighted by Crippen LogP contribution is 2.35. The topological polar surface area (TPSA) is 71.1 Å². The average molecular weight is 430 g/mol. The monoisotopic (exact) mass is 429 g/mol. The lowest BCUT2D eigenvalue weighted by molar-refractivity contribution is -0.130. The normalized spacial score (nSPS) is 25.4. The average Bonchev–Trinajstić information content (AvgIpc) is 3.34. The van der Waals surface area contributed by atoms with E-state index in [-0.39, 0.29) is 5.91 Å². The van der Waals surface area contributed by atoms with Gasteiger partial charge in [-0.25, -0.2) is 0 Å². The maximum absolute atomic E-state index is 13.4. The Labute approximate surface area is 185 Å². The second-order valence-corrected chi connectivity index (χ2v) is 9.11. The highest BCUT2D eigenvalue weighted by molar-refractivity contribution is 5.98. The zero-order chi connectivity index (χ0) is 21.8. The number of para-hydroxylation sites is 1. The van der Waals surface area contributed by atoms with Crippen molar-refractivity contribution in [1.82, 2.24) is 15.1 Å². The van der Waals surface area contributed by atoms with Gasteiger partial charge in [-0.1, -0.05) is 6.07 Å². The molecule has 170 valence electrons. The zero-order valence-corrected chi connectivity index (χ0v) is 18.8. The van der Waals surface area contributed by atoms with Crippen LogP contribution in [0.1, 0.15) is 48.9 Å². The van der Waals surface area contributed by atoms with Crippen molar-refractivity contribution in [3.05, 3.63) is 23.8 Å². The van der Waals surface area contributed by atoms with Crippen molar-refractivity contribution in [3.8, 4) is 11.5 Å². The number of carbonyl (C=O) groups is 2. The minimum Gasteiger partial charge on any atom is -0.493 e. The Hall–Kier alpha value is -2.28. The molecule has 0 spiro atoms. The third-order valence-corrected chi connectivity index (χ3v) is 7.09. The van der Waals surface area contributed by atoms with Gasteiger partial charge in [0.1, 0.15) is 0 Å². The van der Waals surface area contributed by atoms with Crippen LogP contribution in [0.2, 0.25) is 0 Å². The van der Waals surface area contributed by atoms with E-state index < -0.39 is 0 Å². The number of fused-ring (bicyclic) bond motifs is 2. The summed E-state index contributed by atoms with van der Waals surface area (Å²) in [7, 11) is 3.16. The number of hydrogen-bond acceptors (Lipinski definition) is 5. The summed E-state index contributed by atoms with van der Waals surface area (Å²) in [5.74, 6) is 2.29. The molecule has 0 saturated carbocycles. The molecular formula is C24H35N3O4. The number of nitrogens with one attached hydrogen (secondary N) is 1. The predicted octanol–water partition coefficient (Wildman–Crippen LogP) is 2.55. The summed E-state index contributed by atoms with van der Waals surface area (Å²) < 4.78 is 10.9. The molecule has 31 heavy (non-hydrogen) atoms. The van der Waals surface area contributed by atoms with E-state index in [1.807, 2.05) is 28.0 Å². The first-order valence-corrected chi connectivity index (χ1v) is 11.6. The number of likely N-dealkylation sites (tertiary alicyclic amines) is 2. The van der Waals surface area contributed by atoms with E-state index in [0.29, 0.717) is 47.3 Å². The van der Waals surface area contributed by atoms with Gasteiger partial charge in [-0.15, -0.1) is 0 Å². The van der Waals surface area contributed by atoms with Crippen LogP contribution in [0, 0.1) is 11.8 Å². The molecule has 3 aliphatic heterocycles. The van der Waals surface area contributed by atoms with Gasteiger partial charge in [0.25, 0.3) is 5.91 Å². The Morgan fingerprint density at radius 1 is 1.10 bits per heavy atom.